The van der Waals surface area contributed by atoms with Gasteiger partial charge < -0.3 is 4.57 Å². The molecule has 0 saturated heterocycles. The minimum atomic E-state index is 0.0347. The lowest BCUT2D eigenvalue weighted by atomic mass is 10.2. The molecule has 3 heteroatoms. The summed E-state index contributed by atoms with van der Waals surface area (Å²) in [6.45, 7) is 5.11. The Bertz CT molecular complexity index is 404. The van der Waals surface area contributed by atoms with Crippen molar-refractivity contribution in [3.05, 3.63) is 23.0 Å². The fraction of sp³-hybridized carbons (Fsp3) is 0.615. The number of hydrogen-bond donors (Lipinski definition) is 0. The summed E-state index contributed by atoms with van der Waals surface area (Å²) >= 11 is 5.60. The van der Waals surface area contributed by atoms with E-state index in [2.05, 4.69) is 11.5 Å². The number of carbonyl (C=O) groups excluding carboxylic acids is 1. The largest absolute Gasteiger partial charge is 0.348 e. The van der Waals surface area contributed by atoms with Crippen LogP contribution in [0.5, 0.6) is 0 Å². The molecule has 1 aromatic heterocycles. The fourth-order valence-corrected chi connectivity index (χ4v) is 2.36. The molecule has 2 nitrogen and oxygen atoms in total. The highest BCUT2D eigenvalue weighted by Gasteiger charge is 2.22. The van der Waals surface area contributed by atoms with Gasteiger partial charge in [0.05, 0.1) is 5.88 Å². The van der Waals surface area contributed by atoms with Crippen molar-refractivity contribution in [2.75, 3.05) is 5.88 Å². The maximum absolute atomic E-state index is 11.6. The van der Waals surface area contributed by atoms with E-state index in [1.807, 2.05) is 13.0 Å². The van der Waals surface area contributed by atoms with Gasteiger partial charge in [-0.3, -0.25) is 4.79 Å². The Kier molecular flexibility index (Phi) is 3.38. The molecule has 1 aliphatic rings. The first-order chi connectivity index (χ1) is 7.63. The molecule has 2 rings (SSSR count). The van der Waals surface area contributed by atoms with E-state index in [1.165, 1.54) is 25.0 Å². The summed E-state index contributed by atoms with van der Waals surface area (Å²) in [7, 11) is 0. The van der Waals surface area contributed by atoms with Crippen LogP contribution in [0.15, 0.2) is 6.07 Å². The Labute approximate surface area is 102 Å². The fourth-order valence-electron chi connectivity index (χ4n) is 2.22. The molecule has 1 aromatic rings. The lowest BCUT2D eigenvalue weighted by Gasteiger charge is -2.08. The summed E-state index contributed by atoms with van der Waals surface area (Å²) in [4.78, 5) is 11.6. The zero-order valence-corrected chi connectivity index (χ0v) is 10.7. The van der Waals surface area contributed by atoms with Gasteiger partial charge in [0.25, 0.3) is 0 Å². The van der Waals surface area contributed by atoms with Crippen molar-refractivity contribution >= 4 is 17.4 Å². The predicted molar refractivity (Wildman–Crippen MR) is 66.3 cm³/mol. The second-order valence-corrected chi connectivity index (χ2v) is 4.99. The molecule has 1 heterocycles. The number of hydrogen-bond acceptors (Lipinski definition) is 1. The number of Topliss-reactive ketones (excluding diaryl/α,β-unsaturated/α-hetero) is 1. The number of rotatable bonds is 5. The van der Waals surface area contributed by atoms with Gasteiger partial charge in [0.15, 0.2) is 5.78 Å². The van der Waals surface area contributed by atoms with Gasteiger partial charge in [0.2, 0.25) is 0 Å². The molecule has 0 amide bonds. The number of nitrogens with zero attached hydrogens (tertiary/aromatic N) is 1. The molecule has 0 N–H and O–H groups in total. The summed E-state index contributed by atoms with van der Waals surface area (Å²) < 4.78 is 2.25. The standard InChI is InChI=1S/C13H18ClNO/c1-9-7-12(13(16)8-14)10(2)15(9)6-5-11-3-4-11/h7,11H,3-6,8H2,1-2H3. The summed E-state index contributed by atoms with van der Waals surface area (Å²) in [5.41, 5.74) is 3.04. The highest BCUT2D eigenvalue weighted by atomic mass is 35.5. The number of ketones is 1. The van der Waals surface area contributed by atoms with Crippen molar-refractivity contribution in [2.45, 2.75) is 39.7 Å². The Morgan fingerprint density at radius 1 is 1.50 bits per heavy atom. The van der Waals surface area contributed by atoms with Gasteiger partial charge in [-0.1, -0.05) is 12.8 Å². The topological polar surface area (TPSA) is 22.0 Å². The Balaban J connectivity index is 2.16. The number of aryl methyl sites for hydroxylation is 1. The van der Waals surface area contributed by atoms with Crippen LogP contribution in [0.4, 0.5) is 0 Å². The van der Waals surface area contributed by atoms with Gasteiger partial charge in [-0.15, -0.1) is 11.6 Å². The predicted octanol–water partition coefficient (Wildman–Crippen LogP) is 3.33. The molecule has 1 aliphatic carbocycles. The molecule has 1 saturated carbocycles. The van der Waals surface area contributed by atoms with Crippen molar-refractivity contribution in [3.8, 4) is 0 Å². The average Bonchev–Trinajstić information content (AvgIpc) is 3.04. The molecule has 1 fully saturated rings. The van der Waals surface area contributed by atoms with Crippen molar-refractivity contribution in [3.63, 3.8) is 0 Å². The first kappa shape index (κ1) is 11.7. The molecule has 0 aromatic carbocycles. The highest BCUT2D eigenvalue weighted by molar-refractivity contribution is 6.30. The second kappa shape index (κ2) is 4.62. The van der Waals surface area contributed by atoms with E-state index in [0.717, 1.165) is 23.7 Å². The third kappa shape index (κ3) is 2.32. The normalized spacial score (nSPS) is 15.4. The van der Waals surface area contributed by atoms with Gasteiger partial charge in [-0.25, -0.2) is 0 Å². The van der Waals surface area contributed by atoms with Crippen molar-refractivity contribution < 1.29 is 4.79 Å². The van der Waals surface area contributed by atoms with Crippen LogP contribution in [-0.2, 0) is 6.54 Å². The minimum absolute atomic E-state index is 0.0347. The van der Waals surface area contributed by atoms with E-state index < -0.39 is 0 Å². The monoisotopic (exact) mass is 239 g/mol. The van der Waals surface area contributed by atoms with Gasteiger partial charge >= 0.3 is 0 Å². The van der Waals surface area contributed by atoms with E-state index in [1.54, 1.807) is 0 Å². The zero-order chi connectivity index (χ0) is 11.7. The van der Waals surface area contributed by atoms with Crippen LogP contribution in [-0.4, -0.2) is 16.2 Å². The van der Waals surface area contributed by atoms with Crippen LogP contribution in [0.1, 0.15) is 41.0 Å². The SMILES string of the molecule is Cc1cc(C(=O)CCl)c(C)n1CCC1CC1. The van der Waals surface area contributed by atoms with E-state index in [0.29, 0.717) is 0 Å². The molecule has 0 spiro atoms. The van der Waals surface area contributed by atoms with Crippen molar-refractivity contribution in [1.82, 2.24) is 4.57 Å². The Morgan fingerprint density at radius 2 is 2.19 bits per heavy atom. The van der Waals surface area contributed by atoms with Crippen LogP contribution in [0.2, 0.25) is 0 Å². The molecule has 0 radical (unpaired) electrons. The second-order valence-electron chi connectivity index (χ2n) is 4.73. The molecule has 88 valence electrons. The van der Waals surface area contributed by atoms with E-state index >= 15 is 0 Å². The quantitative estimate of drug-likeness (QED) is 0.571. The van der Waals surface area contributed by atoms with Crippen LogP contribution in [0.3, 0.4) is 0 Å². The Hall–Kier alpha value is -0.760. The van der Waals surface area contributed by atoms with E-state index in [-0.39, 0.29) is 11.7 Å². The van der Waals surface area contributed by atoms with Crippen molar-refractivity contribution in [2.24, 2.45) is 5.92 Å². The average molecular weight is 240 g/mol. The van der Waals surface area contributed by atoms with Gasteiger partial charge in [-0.05, 0) is 32.3 Å². The van der Waals surface area contributed by atoms with Crippen LogP contribution >= 0.6 is 11.6 Å². The lowest BCUT2D eigenvalue weighted by molar-refractivity contribution is 0.102. The smallest absolute Gasteiger partial charge is 0.179 e. The van der Waals surface area contributed by atoms with E-state index in [9.17, 15) is 4.79 Å². The van der Waals surface area contributed by atoms with E-state index in [4.69, 9.17) is 11.6 Å². The molecule has 0 bridgehead atoms. The molecular formula is C13H18ClNO. The van der Waals surface area contributed by atoms with Crippen molar-refractivity contribution in [1.29, 1.82) is 0 Å². The number of alkyl halides is 1. The molecule has 0 aliphatic heterocycles. The zero-order valence-electron chi connectivity index (χ0n) is 9.92. The summed E-state index contributed by atoms with van der Waals surface area (Å²) in [6.07, 6.45) is 4.00. The Morgan fingerprint density at radius 3 is 2.75 bits per heavy atom. The van der Waals surface area contributed by atoms with Gasteiger partial charge in [-0.2, -0.15) is 0 Å². The lowest BCUT2D eigenvalue weighted by Crippen LogP contribution is -2.06. The third-order valence-corrected chi connectivity index (χ3v) is 3.70. The van der Waals surface area contributed by atoms with Crippen LogP contribution in [0, 0.1) is 19.8 Å². The summed E-state index contributed by atoms with van der Waals surface area (Å²) in [5.74, 6) is 1.04. The highest BCUT2D eigenvalue weighted by Crippen LogP contribution is 2.33. The third-order valence-electron chi connectivity index (χ3n) is 3.45. The molecule has 16 heavy (non-hydrogen) atoms. The maximum atomic E-state index is 11.6. The molecule has 0 atom stereocenters. The molecular weight excluding hydrogens is 222 g/mol. The molecule has 0 unspecified atom stereocenters. The maximum Gasteiger partial charge on any atom is 0.179 e. The van der Waals surface area contributed by atoms with Crippen LogP contribution < -0.4 is 0 Å². The number of halogens is 1. The van der Waals surface area contributed by atoms with Gasteiger partial charge in [0.1, 0.15) is 0 Å². The summed E-state index contributed by atoms with van der Waals surface area (Å²) in [6, 6.07) is 1.97. The first-order valence-corrected chi connectivity index (χ1v) is 6.42. The number of carbonyl (C=O) groups is 1. The number of aromatic nitrogens is 1. The minimum Gasteiger partial charge on any atom is -0.348 e. The van der Waals surface area contributed by atoms with Gasteiger partial charge in [0, 0.05) is 23.5 Å². The van der Waals surface area contributed by atoms with Crippen LogP contribution in [0.25, 0.3) is 0 Å². The first-order valence-electron chi connectivity index (χ1n) is 5.89. The summed E-state index contributed by atoms with van der Waals surface area (Å²) in [5, 5.41) is 0.